The number of aromatic nitrogens is 3. The number of benzene rings is 2. The van der Waals surface area contributed by atoms with Crippen molar-refractivity contribution in [1.82, 2.24) is 14.8 Å². The second-order valence-electron chi connectivity index (χ2n) is 7.54. The molecule has 1 aromatic heterocycles. The smallest absolute Gasteiger partial charge is 0.306 e. The zero-order valence-corrected chi connectivity index (χ0v) is 20.5. The van der Waals surface area contributed by atoms with E-state index < -0.39 is 15.5 Å². The van der Waals surface area contributed by atoms with Crippen LogP contribution in [0.15, 0.2) is 58.4 Å². The van der Waals surface area contributed by atoms with E-state index in [0.717, 1.165) is 27.8 Å². The second-order valence-corrected chi connectivity index (χ2v) is 11.0. The van der Waals surface area contributed by atoms with Gasteiger partial charge >= 0.3 is 10.1 Å². The highest BCUT2D eigenvalue weighted by Gasteiger charge is 2.21. The molecule has 0 aliphatic rings. The first kappa shape index (κ1) is 23.3. The van der Waals surface area contributed by atoms with Crippen molar-refractivity contribution in [2.75, 3.05) is 6.26 Å². The molecule has 0 unspecified atom stereocenters. The van der Waals surface area contributed by atoms with E-state index in [4.69, 9.17) is 4.18 Å². The van der Waals surface area contributed by atoms with E-state index in [1.807, 2.05) is 32.0 Å². The van der Waals surface area contributed by atoms with Gasteiger partial charge < -0.3 is 4.18 Å². The minimum Gasteiger partial charge on any atom is -0.381 e. The van der Waals surface area contributed by atoms with E-state index in [1.165, 1.54) is 6.33 Å². The molecule has 0 fully saturated rings. The van der Waals surface area contributed by atoms with E-state index in [2.05, 4.69) is 44.2 Å². The maximum absolute atomic E-state index is 11.4. The molecule has 0 radical (unpaired) electrons. The van der Waals surface area contributed by atoms with Crippen LogP contribution in [0.4, 0.5) is 0 Å². The van der Waals surface area contributed by atoms with Crippen molar-refractivity contribution < 1.29 is 12.6 Å². The molecule has 7 nitrogen and oxygen atoms in total. The molecule has 0 saturated carbocycles. The van der Waals surface area contributed by atoms with Crippen molar-refractivity contribution in [2.24, 2.45) is 0 Å². The van der Waals surface area contributed by atoms with Gasteiger partial charge in [0.1, 0.15) is 12.7 Å². The van der Waals surface area contributed by atoms with Crippen molar-refractivity contribution in [3.63, 3.8) is 0 Å². The minimum absolute atomic E-state index is 0.250. The molecule has 3 rings (SSSR count). The van der Waals surface area contributed by atoms with Gasteiger partial charge in [0.25, 0.3) is 0 Å². The SMILES string of the molecule is CC(C)(C#N)c1cc(CSc2ccc(OS(C)(=O)=O)c(Br)c2)cc(Cn2cncn2)c1. The van der Waals surface area contributed by atoms with Gasteiger partial charge in [-0.3, -0.25) is 0 Å². The average Bonchev–Trinajstić information content (AvgIpc) is 3.20. The number of halogens is 1. The molecule has 2 aromatic carbocycles. The fraction of sp³-hybridized carbons (Fsp3) is 0.286. The molecule has 10 heteroatoms. The van der Waals surface area contributed by atoms with Crippen molar-refractivity contribution >= 4 is 37.8 Å². The highest BCUT2D eigenvalue weighted by Crippen LogP contribution is 2.33. The van der Waals surface area contributed by atoms with E-state index in [9.17, 15) is 13.7 Å². The molecule has 3 aromatic rings. The Bertz CT molecular complexity index is 1220. The molecule has 0 spiro atoms. The number of nitrogens with zero attached hydrogens (tertiary/aromatic N) is 4. The zero-order valence-electron chi connectivity index (χ0n) is 17.2. The molecular formula is C21H21BrN4O3S2. The Labute approximate surface area is 194 Å². The number of hydrogen-bond donors (Lipinski definition) is 0. The third-order valence-corrected chi connectivity index (χ3v) is 6.58. The normalized spacial score (nSPS) is 11.8. The van der Waals surface area contributed by atoms with Crippen LogP contribution in [0, 0.1) is 11.3 Å². The summed E-state index contributed by atoms with van der Waals surface area (Å²) in [5.74, 6) is 0.929. The Morgan fingerprint density at radius 1 is 1.23 bits per heavy atom. The number of thioether (sulfide) groups is 1. The summed E-state index contributed by atoms with van der Waals surface area (Å²) in [6, 6.07) is 13.8. The van der Waals surface area contributed by atoms with Crippen LogP contribution in [0.5, 0.6) is 5.75 Å². The molecule has 0 aliphatic carbocycles. The first-order valence-electron chi connectivity index (χ1n) is 9.24. The summed E-state index contributed by atoms with van der Waals surface area (Å²) in [6.07, 6.45) is 4.16. The molecule has 162 valence electrons. The van der Waals surface area contributed by atoms with Crippen LogP contribution in [0.3, 0.4) is 0 Å². The van der Waals surface area contributed by atoms with Gasteiger partial charge in [-0.15, -0.1) is 11.8 Å². The first-order chi connectivity index (χ1) is 14.6. The summed E-state index contributed by atoms with van der Waals surface area (Å²) in [6.45, 7) is 4.36. The van der Waals surface area contributed by atoms with Crippen LogP contribution in [0.1, 0.15) is 30.5 Å². The summed E-state index contributed by atoms with van der Waals surface area (Å²) in [4.78, 5) is 4.94. The van der Waals surface area contributed by atoms with Crippen LogP contribution in [0.25, 0.3) is 0 Å². The van der Waals surface area contributed by atoms with E-state index in [0.29, 0.717) is 16.8 Å². The monoisotopic (exact) mass is 520 g/mol. The van der Waals surface area contributed by atoms with Crippen LogP contribution < -0.4 is 4.18 Å². The zero-order chi connectivity index (χ0) is 22.6. The lowest BCUT2D eigenvalue weighted by Crippen LogP contribution is -2.15. The van der Waals surface area contributed by atoms with Gasteiger partial charge in [-0.2, -0.15) is 18.8 Å². The minimum atomic E-state index is -3.59. The molecule has 0 aliphatic heterocycles. The molecule has 1 heterocycles. The molecule has 0 amide bonds. The van der Waals surface area contributed by atoms with Crippen molar-refractivity contribution in [2.45, 2.75) is 36.5 Å². The van der Waals surface area contributed by atoms with Gasteiger partial charge in [-0.25, -0.2) is 9.67 Å². The Kier molecular flexibility index (Phi) is 7.09. The lowest BCUT2D eigenvalue weighted by molar-refractivity contribution is 0.491. The lowest BCUT2D eigenvalue weighted by atomic mass is 9.84. The highest BCUT2D eigenvalue weighted by molar-refractivity contribution is 9.10. The van der Waals surface area contributed by atoms with Crippen LogP contribution in [-0.2, 0) is 27.8 Å². The second kappa shape index (κ2) is 9.42. The molecular weight excluding hydrogens is 500 g/mol. The summed E-state index contributed by atoms with van der Waals surface area (Å²) in [5.41, 5.74) is 2.45. The van der Waals surface area contributed by atoms with Gasteiger partial charge in [0.2, 0.25) is 0 Å². The fourth-order valence-electron chi connectivity index (χ4n) is 2.83. The van der Waals surface area contributed by atoms with Gasteiger partial charge in [-0.1, -0.05) is 18.2 Å². The molecule has 31 heavy (non-hydrogen) atoms. The molecule has 0 atom stereocenters. The Balaban J connectivity index is 1.82. The highest BCUT2D eigenvalue weighted by atomic mass is 79.9. The summed E-state index contributed by atoms with van der Waals surface area (Å²) in [5, 5.41) is 13.8. The fourth-order valence-corrected chi connectivity index (χ4v) is 4.89. The standard InChI is InChI=1S/C21H21BrN4O3S2/c1-21(2,12-23)17-7-15(10-26-14-24-13-25-26)6-16(8-17)11-30-18-4-5-20(19(22)9-18)29-31(3,27)28/h4-9,13-14H,10-11H2,1-3H3. The quantitative estimate of drug-likeness (QED) is 0.318. The molecule has 0 saturated heterocycles. The maximum atomic E-state index is 11.4. The summed E-state index contributed by atoms with van der Waals surface area (Å²) >= 11 is 4.97. The van der Waals surface area contributed by atoms with Crippen LogP contribution >= 0.6 is 27.7 Å². The first-order valence-corrected chi connectivity index (χ1v) is 12.8. The van der Waals surface area contributed by atoms with Crippen molar-refractivity contribution in [1.29, 1.82) is 5.26 Å². The van der Waals surface area contributed by atoms with Gasteiger partial charge in [0.05, 0.1) is 28.8 Å². The van der Waals surface area contributed by atoms with E-state index in [1.54, 1.807) is 28.8 Å². The number of nitriles is 1. The molecule has 0 bridgehead atoms. The van der Waals surface area contributed by atoms with Crippen LogP contribution in [-0.4, -0.2) is 29.4 Å². The van der Waals surface area contributed by atoms with Crippen molar-refractivity contribution in [3.8, 4) is 11.8 Å². The largest absolute Gasteiger partial charge is 0.381 e. The summed E-state index contributed by atoms with van der Waals surface area (Å²) in [7, 11) is -3.59. The van der Waals surface area contributed by atoms with Crippen LogP contribution in [0.2, 0.25) is 0 Å². The Morgan fingerprint density at radius 2 is 1.97 bits per heavy atom. The van der Waals surface area contributed by atoms with Gasteiger partial charge in [-0.05, 0) is 64.7 Å². The maximum Gasteiger partial charge on any atom is 0.306 e. The van der Waals surface area contributed by atoms with Crippen molar-refractivity contribution in [3.05, 3.63) is 70.2 Å². The van der Waals surface area contributed by atoms with E-state index in [-0.39, 0.29) is 5.75 Å². The third-order valence-electron chi connectivity index (χ3n) is 4.41. The third kappa shape index (κ3) is 6.56. The topological polar surface area (TPSA) is 97.9 Å². The Hall–Kier alpha value is -2.35. The van der Waals surface area contributed by atoms with Gasteiger partial charge in [0.15, 0.2) is 5.75 Å². The van der Waals surface area contributed by atoms with Gasteiger partial charge in [0, 0.05) is 10.6 Å². The average molecular weight is 521 g/mol. The summed E-state index contributed by atoms with van der Waals surface area (Å²) < 4.78 is 30.0. The number of rotatable bonds is 8. The predicted molar refractivity (Wildman–Crippen MR) is 123 cm³/mol. The molecule has 0 N–H and O–H groups in total. The number of hydrogen-bond acceptors (Lipinski definition) is 7. The van der Waals surface area contributed by atoms with E-state index >= 15 is 0 Å². The predicted octanol–water partition coefficient (Wildman–Crippen LogP) is 4.52. The lowest BCUT2D eigenvalue weighted by Gasteiger charge is -2.19. The Morgan fingerprint density at radius 3 is 2.58 bits per heavy atom.